The normalized spacial score (nSPS) is 25.7. The van der Waals surface area contributed by atoms with E-state index in [0.29, 0.717) is 11.3 Å². The van der Waals surface area contributed by atoms with Crippen LogP contribution in [0.15, 0.2) is 0 Å². The Morgan fingerprint density at radius 3 is 2.81 bits per heavy atom. The first kappa shape index (κ1) is 20.8. The molecule has 0 aromatic carbocycles. The van der Waals surface area contributed by atoms with Crippen molar-refractivity contribution in [2.75, 3.05) is 47.5 Å². The standard InChI is InChI=1S/C21H38N4O2/c1-5-21(16-26-4)8-6-17(7-9-21)20-18(14-24(3)11-10-22-2)23-25-12-13-27-15-19(20)25/h17,22H,5-16H2,1-4H3. The zero-order valence-corrected chi connectivity index (χ0v) is 17.7. The lowest BCUT2D eigenvalue weighted by atomic mass is 9.67. The monoisotopic (exact) mass is 378 g/mol. The molecule has 1 aliphatic carbocycles. The molecular formula is C21H38N4O2. The predicted molar refractivity (Wildman–Crippen MR) is 108 cm³/mol. The highest BCUT2D eigenvalue weighted by molar-refractivity contribution is 5.31. The van der Waals surface area contributed by atoms with Crippen LogP contribution >= 0.6 is 0 Å². The van der Waals surface area contributed by atoms with Crippen LogP contribution in [0.4, 0.5) is 0 Å². The van der Waals surface area contributed by atoms with Crippen molar-refractivity contribution in [2.45, 2.75) is 64.6 Å². The number of methoxy groups -OCH3 is 1. The SMILES string of the molecule is CCC1(COC)CCC(c2c(CN(C)CCNC)nn3c2COCC3)CC1. The molecule has 1 fully saturated rings. The minimum Gasteiger partial charge on any atom is -0.384 e. The molecule has 0 amide bonds. The second-order valence-corrected chi connectivity index (χ2v) is 8.48. The van der Waals surface area contributed by atoms with Crippen molar-refractivity contribution in [2.24, 2.45) is 5.41 Å². The van der Waals surface area contributed by atoms with Crippen LogP contribution in [0.25, 0.3) is 0 Å². The molecule has 3 rings (SSSR count). The number of nitrogens with zero attached hydrogens (tertiary/aromatic N) is 3. The van der Waals surface area contributed by atoms with Gasteiger partial charge in [-0.25, -0.2) is 0 Å². The summed E-state index contributed by atoms with van der Waals surface area (Å²) >= 11 is 0. The van der Waals surface area contributed by atoms with Gasteiger partial charge in [-0.15, -0.1) is 0 Å². The Kier molecular flexibility index (Phi) is 7.31. The minimum atomic E-state index is 0.374. The predicted octanol–water partition coefficient (Wildman–Crippen LogP) is 2.76. The summed E-state index contributed by atoms with van der Waals surface area (Å²) in [5, 5.41) is 8.26. The first-order valence-corrected chi connectivity index (χ1v) is 10.6. The third-order valence-corrected chi connectivity index (χ3v) is 6.68. The second kappa shape index (κ2) is 9.50. The van der Waals surface area contributed by atoms with Gasteiger partial charge >= 0.3 is 0 Å². The first-order valence-electron chi connectivity index (χ1n) is 10.6. The van der Waals surface area contributed by atoms with Crippen molar-refractivity contribution in [1.29, 1.82) is 0 Å². The highest BCUT2D eigenvalue weighted by Crippen LogP contribution is 2.46. The largest absolute Gasteiger partial charge is 0.384 e. The summed E-state index contributed by atoms with van der Waals surface area (Å²) in [5.41, 5.74) is 4.47. The Morgan fingerprint density at radius 2 is 2.15 bits per heavy atom. The molecule has 6 heteroatoms. The van der Waals surface area contributed by atoms with Crippen molar-refractivity contribution in [3.63, 3.8) is 0 Å². The third kappa shape index (κ3) is 4.73. The van der Waals surface area contributed by atoms with Gasteiger partial charge in [0, 0.05) is 32.3 Å². The zero-order chi connectivity index (χ0) is 19.3. The number of nitrogens with one attached hydrogen (secondary N) is 1. The van der Waals surface area contributed by atoms with Crippen molar-refractivity contribution < 1.29 is 9.47 Å². The molecule has 6 nitrogen and oxygen atoms in total. The van der Waals surface area contributed by atoms with Crippen LogP contribution in [0, 0.1) is 5.41 Å². The Morgan fingerprint density at radius 1 is 1.37 bits per heavy atom. The number of aromatic nitrogens is 2. The van der Waals surface area contributed by atoms with E-state index in [1.165, 1.54) is 49.1 Å². The van der Waals surface area contributed by atoms with E-state index in [-0.39, 0.29) is 0 Å². The molecule has 27 heavy (non-hydrogen) atoms. The fraction of sp³-hybridized carbons (Fsp3) is 0.857. The summed E-state index contributed by atoms with van der Waals surface area (Å²) in [4.78, 5) is 2.37. The van der Waals surface area contributed by atoms with Crippen LogP contribution in [0.3, 0.4) is 0 Å². The molecule has 0 atom stereocenters. The molecular weight excluding hydrogens is 340 g/mol. The van der Waals surface area contributed by atoms with Crippen molar-refractivity contribution in [3.8, 4) is 0 Å². The third-order valence-electron chi connectivity index (χ3n) is 6.68. The molecule has 0 bridgehead atoms. The Bertz CT molecular complexity index is 593. The van der Waals surface area contributed by atoms with Gasteiger partial charge in [0.1, 0.15) is 0 Å². The highest BCUT2D eigenvalue weighted by atomic mass is 16.5. The van der Waals surface area contributed by atoms with Gasteiger partial charge in [-0.3, -0.25) is 9.58 Å². The minimum absolute atomic E-state index is 0.374. The number of hydrogen-bond acceptors (Lipinski definition) is 5. The fourth-order valence-electron chi connectivity index (χ4n) is 4.87. The van der Waals surface area contributed by atoms with Gasteiger partial charge in [0.05, 0.1) is 37.8 Å². The summed E-state index contributed by atoms with van der Waals surface area (Å²) in [5.74, 6) is 0.611. The maximum Gasteiger partial charge on any atom is 0.0888 e. The van der Waals surface area contributed by atoms with Crippen LogP contribution in [-0.2, 0) is 29.2 Å². The Labute approximate surface area is 164 Å². The Hall–Kier alpha value is -0.950. The van der Waals surface area contributed by atoms with E-state index >= 15 is 0 Å². The van der Waals surface area contributed by atoms with E-state index in [1.54, 1.807) is 0 Å². The molecule has 1 aliphatic heterocycles. The molecule has 1 N–H and O–H groups in total. The second-order valence-electron chi connectivity index (χ2n) is 8.48. The lowest BCUT2D eigenvalue weighted by Crippen LogP contribution is -2.31. The van der Waals surface area contributed by atoms with E-state index in [2.05, 4.69) is 28.9 Å². The summed E-state index contributed by atoms with van der Waals surface area (Å²) in [7, 11) is 6.04. The van der Waals surface area contributed by atoms with E-state index < -0.39 is 0 Å². The average Bonchev–Trinajstić information content (AvgIpc) is 3.05. The number of ether oxygens (including phenoxy) is 2. The summed E-state index contributed by atoms with van der Waals surface area (Å²) < 4.78 is 13.6. The molecule has 0 radical (unpaired) electrons. The van der Waals surface area contributed by atoms with Crippen LogP contribution in [0.1, 0.15) is 61.9 Å². The summed E-state index contributed by atoms with van der Waals surface area (Å²) in [6.07, 6.45) is 6.19. The van der Waals surface area contributed by atoms with E-state index in [1.807, 2.05) is 14.2 Å². The Balaban J connectivity index is 1.78. The topological polar surface area (TPSA) is 51.5 Å². The van der Waals surface area contributed by atoms with Crippen LogP contribution < -0.4 is 5.32 Å². The molecule has 2 aliphatic rings. The molecule has 0 unspecified atom stereocenters. The van der Waals surface area contributed by atoms with Crippen molar-refractivity contribution >= 4 is 0 Å². The quantitative estimate of drug-likeness (QED) is 0.716. The summed E-state index contributed by atoms with van der Waals surface area (Å²) in [6, 6.07) is 0. The van der Waals surface area contributed by atoms with Gasteiger partial charge in [0.25, 0.3) is 0 Å². The lowest BCUT2D eigenvalue weighted by molar-refractivity contribution is 0.0399. The molecule has 0 saturated heterocycles. The van der Waals surface area contributed by atoms with E-state index in [0.717, 1.165) is 46.0 Å². The van der Waals surface area contributed by atoms with Gasteiger partial charge in [-0.2, -0.15) is 5.10 Å². The number of fused-ring (bicyclic) bond motifs is 1. The highest BCUT2D eigenvalue weighted by Gasteiger charge is 2.37. The molecule has 154 valence electrons. The number of likely N-dealkylation sites (N-methyl/N-ethyl adjacent to an activating group) is 2. The fourth-order valence-corrected chi connectivity index (χ4v) is 4.87. The van der Waals surface area contributed by atoms with Crippen molar-refractivity contribution in [3.05, 3.63) is 17.0 Å². The van der Waals surface area contributed by atoms with Crippen molar-refractivity contribution in [1.82, 2.24) is 20.0 Å². The first-order chi connectivity index (χ1) is 13.1. The number of hydrogen-bond donors (Lipinski definition) is 1. The van der Waals surface area contributed by atoms with Gasteiger partial charge in [-0.1, -0.05) is 6.92 Å². The van der Waals surface area contributed by atoms with Gasteiger partial charge < -0.3 is 14.8 Å². The maximum absolute atomic E-state index is 5.81. The van der Waals surface area contributed by atoms with E-state index in [4.69, 9.17) is 14.6 Å². The smallest absolute Gasteiger partial charge is 0.0888 e. The van der Waals surface area contributed by atoms with Crippen LogP contribution in [-0.4, -0.2) is 62.2 Å². The average molecular weight is 379 g/mol. The zero-order valence-electron chi connectivity index (χ0n) is 17.7. The van der Waals surface area contributed by atoms with Crippen LogP contribution in [0.5, 0.6) is 0 Å². The maximum atomic E-state index is 5.81. The van der Waals surface area contributed by atoms with E-state index in [9.17, 15) is 0 Å². The molecule has 1 aromatic heterocycles. The van der Waals surface area contributed by atoms with Gasteiger partial charge in [0.2, 0.25) is 0 Å². The molecule has 1 aromatic rings. The number of rotatable bonds is 9. The lowest BCUT2D eigenvalue weighted by Gasteiger charge is -2.39. The van der Waals surface area contributed by atoms with Crippen LogP contribution in [0.2, 0.25) is 0 Å². The summed E-state index contributed by atoms with van der Waals surface area (Å²) in [6.45, 7) is 8.55. The molecule has 2 heterocycles. The molecule has 0 spiro atoms. The molecule has 1 saturated carbocycles. The van der Waals surface area contributed by atoms with Gasteiger partial charge in [-0.05, 0) is 57.5 Å². The van der Waals surface area contributed by atoms with Gasteiger partial charge in [0.15, 0.2) is 0 Å².